The molecule has 3 aromatic rings. The van der Waals surface area contributed by atoms with Gasteiger partial charge in [0.15, 0.2) is 0 Å². The Kier molecular flexibility index (Phi) is 5.25. The third-order valence-electron chi connectivity index (χ3n) is 11.2. The lowest BCUT2D eigenvalue weighted by Gasteiger charge is -2.52. The number of amides is 4. The molecule has 0 aromatic heterocycles. The van der Waals surface area contributed by atoms with Crippen LogP contribution >= 0.6 is 11.6 Å². The molecule has 6 atom stereocenters. The van der Waals surface area contributed by atoms with Crippen molar-refractivity contribution < 1.29 is 19.2 Å². The number of hydrogen-bond acceptors (Lipinski definition) is 5. The molecule has 218 valence electrons. The van der Waals surface area contributed by atoms with Crippen LogP contribution in [0.25, 0.3) is 0 Å². The van der Waals surface area contributed by atoms with Gasteiger partial charge in [0.2, 0.25) is 11.8 Å². The van der Waals surface area contributed by atoms with E-state index < -0.39 is 29.1 Å². The van der Waals surface area contributed by atoms with Gasteiger partial charge >= 0.3 is 0 Å². The van der Waals surface area contributed by atoms with Crippen LogP contribution in [0.4, 0.5) is 5.69 Å². The summed E-state index contributed by atoms with van der Waals surface area (Å²) in [4.78, 5) is 58.0. The monoisotopic (exact) mass is 601 g/mol. The third-order valence-corrected chi connectivity index (χ3v) is 11.4. The van der Waals surface area contributed by atoms with Crippen LogP contribution in [0.1, 0.15) is 46.6 Å². The molecule has 44 heavy (non-hydrogen) atoms. The molecule has 3 aromatic carbocycles. The summed E-state index contributed by atoms with van der Waals surface area (Å²) in [6.07, 6.45) is 7.59. The van der Waals surface area contributed by atoms with Crippen LogP contribution in [0.3, 0.4) is 0 Å². The molecule has 11 rings (SSSR count). The number of hydrogen-bond donors (Lipinski definition) is 0. The van der Waals surface area contributed by atoms with Crippen molar-refractivity contribution in [1.82, 2.24) is 5.01 Å². The van der Waals surface area contributed by atoms with Crippen molar-refractivity contribution in [3.63, 3.8) is 0 Å². The summed E-state index contributed by atoms with van der Waals surface area (Å²) in [7, 11) is 0. The fourth-order valence-corrected chi connectivity index (χ4v) is 9.60. The quantitative estimate of drug-likeness (QED) is 0.229. The van der Waals surface area contributed by atoms with Crippen molar-refractivity contribution in [2.75, 3.05) is 4.90 Å². The first-order valence-corrected chi connectivity index (χ1v) is 15.6. The van der Waals surface area contributed by atoms with E-state index in [2.05, 4.69) is 12.2 Å². The van der Waals surface area contributed by atoms with Crippen molar-refractivity contribution in [3.05, 3.63) is 112 Å². The smallest absolute Gasteiger partial charge is 0.254 e. The number of aryl methyl sites for hydroxylation is 1. The first-order chi connectivity index (χ1) is 21.3. The van der Waals surface area contributed by atoms with Crippen molar-refractivity contribution in [2.24, 2.45) is 40.6 Å². The predicted octanol–water partition coefficient (Wildman–Crippen LogP) is 5.38. The normalized spacial score (nSPS) is 34.2. The Hall–Kier alpha value is -4.36. The van der Waals surface area contributed by atoms with Gasteiger partial charge in [-0.25, -0.2) is 4.90 Å². The van der Waals surface area contributed by atoms with Gasteiger partial charge in [-0.3, -0.25) is 19.2 Å². The molecule has 3 fully saturated rings. The van der Waals surface area contributed by atoms with E-state index >= 15 is 0 Å². The summed E-state index contributed by atoms with van der Waals surface area (Å²) in [6.45, 7) is 1.86. The number of allylic oxidation sites excluding steroid dienone is 2. The second kappa shape index (κ2) is 8.85. The van der Waals surface area contributed by atoms with Crippen LogP contribution in [-0.4, -0.2) is 34.9 Å². The number of rotatable bonds is 3. The Bertz CT molecular complexity index is 1830. The van der Waals surface area contributed by atoms with Crippen LogP contribution in [0.5, 0.6) is 0 Å². The van der Waals surface area contributed by atoms with Crippen molar-refractivity contribution in [1.29, 1.82) is 0 Å². The molecule has 8 aliphatic rings. The Labute approximate surface area is 259 Å². The Morgan fingerprint density at radius 3 is 1.95 bits per heavy atom. The Morgan fingerprint density at radius 1 is 0.773 bits per heavy atom. The average Bonchev–Trinajstić information content (AvgIpc) is 3.48. The second-order valence-electron chi connectivity index (χ2n) is 13.0. The number of nitrogens with zero attached hydrogens (tertiary/aromatic N) is 3. The summed E-state index contributed by atoms with van der Waals surface area (Å²) in [5.41, 5.74) is 3.72. The lowest BCUT2D eigenvalue weighted by Crippen LogP contribution is -2.55. The van der Waals surface area contributed by atoms with Crippen molar-refractivity contribution in [3.8, 4) is 0 Å². The Balaban J connectivity index is 1.25. The molecule has 6 aliphatic carbocycles. The number of halogens is 1. The van der Waals surface area contributed by atoms with Crippen molar-refractivity contribution >= 4 is 47.1 Å². The van der Waals surface area contributed by atoms with E-state index in [0.717, 1.165) is 45.7 Å². The molecule has 8 heteroatoms. The maximum Gasteiger partial charge on any atom is 0.254 e. The number of benzene rings is 3. The third kappa shape index (κ3) is 3.05. The lowest BCUT2D eigenvalue weighted by atomic mass is 9.47. The molecule has 0 radical (unpaired) electrons. The highest BCUT2D eigenvalue weighted by Gasteiger charge is 2.68. The highest BCUT2D eigenvalue weighted by molar-refractivity contribution is 6.32. The molecule has 4 bridgehead atoms. The van der Waals surface area contributed by atoms with Gasteiger partial charge in [0.05, 0.1) is 34.8 Å². The van der Waals surface area contributed by atoms with E-state index in [0.29, 0.717) is 10.7 Å². The fraction of sp³-hybridized carbons (Fsp3) is 0.306. The highest BCUT2D eigenvalue weighted by atomic mass is 35.5. The molecule has 7 nitrogen and oxygen atoms in total. The van der Waals surface area contributed by atoms with Crippen LogP contribution in [0.2, 0.25) is 5.02 Å². The number of hydrazone groups is 1. The van der Waals surface area contributed by atoms with Gasteiger partial charge in [-0.05, 0) is 71.6 Å². The summed E-state index contributed by atoms with van der Waals surface area (Å²) >= 11 is 6.37. The topological polar surface area (TPSA) is 87.1 Å². The first kappa shape index (κ1) is 26.1. The first-order valence-electron chi connectivity index (χ1n) is 15.3. The molecular formula is C36H28ClN3O4. The van der Waals surface area contributed by atoms with Gasteiger partial charge in [0, 0.05) is 17.2 Å². The minimum atomic E-state index is -1.17. The number of anilines is 1. The zero-order valence-electron chi connectivity index (χ0n) is 23.9. The summed E-state index contributed by atoms with van der Waals surface area (Å²) in [6, 6.07) is 21.0. The summed E-state index contributed by atoms with van der Waals surface area (Å²) in [5.74, 6) is -3.72. The fourth-order valence-electron chi connectivity index (χ4n) is 9.43. The van der Waals surface area contributed by atoms with Crippen LogP contribution in [-0.2, 0) is 24.6 Å². The largest absolute Gasteiger partial charge is 0.274 e. The van der Waals surface area contributed by atoms with E-state index in [-0.39, 0.29) is 41.4 Å². The van der Waals surface area contributed by atoms with Gasteiger partial charge in [0.25, 0.3) is 11.8 Å². The molecule has 0 unspecified atom stereocenters. The van der Waals surface area contributed by atoms with Crippen LogP contribution < -0.4 is 4.90 Å². The highest BCUT2D eigenvalue weighted by Crippen LogP contribution is 2.64. The van der Waals surface area contributed by atoms with Crippen LogP contribution in [0.15, 0.2) is 84.0 Å². The molecule has 2 aliphatic heterocycles. The number of fused-ring (bicyclic) bond motifs is 1. The molecule has 4 amide bonds. The zero-order chi connectivity index (χ0) is 30.1. The van der Waals surface area contributed by atoms with Gasteiger partial charge in [0.1, 0.15) is 0 Å². The summed E-state index contributed by atoms with van der Waals surface area (Å²) < 4.78 is 0. The second-order valence-corrected chi connectivity index (χ2v) is 13.5. The maximum absolute atomic E-state index is 14.7. The average molecular weight is 602 g/mol. The zero-order valence-corrected chi connectivity index (χ0v) is 24.6. The molecular weight excluding hydrogens is 574 g/mol. The number of carbonyl (C=O) groups excluding carboxylic acids is 4. The number of imide groups is 2. The van der Waals surface area contributed by atoms with E-state index in [9.17, 15) is 19.2 Å². The van der Waals surface area contributed by atoms with Gasteiger partial charge in [-0.2, -0.15) is 10.1 Å². The van der Waals surface area contributed by atoms with Crippen LogP contribution in [0, 0.1) is 42.4 Å². The molecule has 0 N–H and O–H groups in total. The van der Waals surface area contributed by atoms with E-state index in [1.807, 2.05) is 61.5 Å². The minimum Gasteiger partial charge on any atom is -0.274 e. The maximum atomic E-state index is 14.7. The predicted molar refractivity (Wildman–Crippen MR) is 164 cm³/mol. The molecule has 2 heterocycles. The lowest BCUT2D eigenvalue weighted by molar-refractivity contribution is -0.140. The van der Waals surface area contributed by atoms with E-state index in [1.54, 1.807) is 18.3 Å². The number of carbonyl (C=O) groups is 4. The SMILES string of the molecule is Cc1ccc(Cl)cc1N1C(=O)[C@@H]2C3c4ccccc4C(/C=N\N4C(=O)[C@H]5[C@H](C4=O)[C@H]4C=C[C@H]5CC4)(c4ccccc43)[C@@H]2C1=O. The van der Waals surface area contributed by atoms with Gasteiger partial charge in [-0.15, -0.1) is 0 Å². The molecule has 0 spiro atoms. The Morgan fingerprint density at radius 2 is 1.36 bits per heavy atom. The van der Waals surface area contributed by atoms with Gasteiger partial charge in [-0.1, -0.05) is 78.4 Å². The standard InChI is InChI=1S/C36H28ClN3O4/c1-18-10-15-21(37)16-26(18)39-32(41)30-29-22-6-2-4-8-24(22)36(31(30)35(39)44,25-9-5-3-7-23(25)29)17-38-40-33(42)27-19-11-12-20(14-13-19)28(27)34(40)43/h2-12,15-17,19-20,27-31H,13-14H2,1H3/b38-17-/t19-,20-,27+,28+,29?,30+,31-,36?/m0/s1. The molecule has 1 saturated carbocycles. The van der Waals surface area contributed by atoms with E-state index in [4.69, 9.17) is 16.7 Å². The van der Waals surface area contributed by atoms with Crippen molar-refractivity contribution in [2.45, 2.75) is 31.1 Å². The van der Waals surface area contributed by atoms with E-state index in [1.165, 1.54) is 4.90 Å². The molecule has 2 saturated heterocycles. The minimum absolute atomic E-state index is 0.0410. The van der Waals surface area contributed by atoms with Gasteiger partial charge < -0.3 is 0 Å². The summed E-state index contributed by atoms with van der Waals surface area (Å²) in [5, 5.41) is 6.22.